The summed E-state index contributed by atoms with van der Waals surface area (Å²) in [7, 11) is 4.21. The standard InChI is InChI=1S/C17H23N3/c1-14(20(2)3)16-9-7-8-15(12-16)13-18-19-17-10-5-4-6-11-17/h4-12,14,18-19H,13H2,1-3H3. The van der Waals surface area contributed by atoms with Crippen LogP contribution < -0.4 is 10.9 Å². The van der Waals surface area contributed by atoms with Crippen LogP contribution >= 0.6 is 0 Å². The van der Waals surface area contributed by atoms with Crippen molar-refractivity contribution in [1.82, 2.24) is 10.3 Å². The molecule has 0 aliphatic rings. The van der Waals surface area contributed by atoms with Crippen molar-refractivity contribution in [3.05, 3.63) is 65.7 Å². The number of nitrogens with one attached hydrogen (secondary N) is 2. The molecule has 1 atom stereocenters. The van der Waals surface area contributed by atoms with E-state index in [4.69, 9.17) is 0 Å². The summed E-state index contributed by atoms with van der Waals surface area (Å²) in [6, 6.07) is 19.2. The second kappa shape index (κ2) is 7.08. The summed E-state index contributed by atoms with van der Waals surface area (Å²) in [6.07, 6.45) is 0. The number of hydrogen-bond donors (Lipinski definition) is 2. The lowest BCUT2D eigenvalue weighted by molar-refractivity contribution is 0.321. The first-order valence-corrected chi connectivity index (χ1v) is 6.96. The van der Waals surface area contributed by atoms with Gasteiger partial charge in [0, 0.05) is 18.3 Å². The molecule has 0 amide bonds. The van der Waals surface area contributed by atoms with E-state index in [1.54, 1.807) is 0 Å². The number of hydrogen-bond acceptors (Lipinski definition) is 3. The van der Waals surface area contributed by atoms with Crippen molar-refractivity contribution < 1.29 is 0 Å². The molecule has 0 aliphatic heterocycles. The third-order valence-electron chi connectivity index (χ3n) is 3.51. The highest BCUT2D eigenvalue weighted by atomic mass is 15.3. The van der Waals surface area contributed by atoms with Crippen molar-refractivity contribution in [2.45, 2.75) is 19.5 Å². The van der Waals surface area contributed by atoms with Gasteiger partial charge in [-0.1, -0.05) is 42.5 Å². The van der Waals surface area contributed by atoms with Crippen molar-refractivity contribution in [2.75, 3.05) is 19.5 Å². The van der Waals surface area contributed by atoms with Gasteiger partial charge < -0.3 is 10.3 Å². The summed E-state index contributed by atoms with van der Waals surface area (Å²) in [4.78, 5) is 2.22. The maximum atomic E-state index is 3.25. The lowest BCUT2D eigenvalue weighted by Gasteiger charge is -2.20. The van der Waals surface area contributed by atoms with Gasteiger partial charge in [-0.05, 0) is 44.3 Å². The molecule has 3 nitrogen and oxygen atoms in total. The van der Waals surface area contributed by atoms with Crippen LogP contribution in [0.25, 0.3) is 0 Å². The van der Waals surface area contributed by atoms with Gasteiger partial charge in [-0.25, -0.2) is 5.43 Å². The van der Waals surface area contributed by atoms with Gasteiger partial charge in [-0.15, -0.1) is 0 Å². The van der Waals surface area contributed by atoms with Crippen LogP contribution in [0.4, 0.5) is 5.69 Å². The SMILES string of the molecule is CC(c1cccc(CNNc2ccccc2)c1)N(C)C. The molecular weight excluding hydrogens is 246 g/mol. The molecule has 0 saturated heterocycles. The Morgan fingerprint density at radius 1 is 1.00 bits per heavy atom. The van der Waals surface area contributed by atoms with E-state index in [0.717, 1.165) is 12.2 Å². The van der Waals surface area contributed by atoms with Crippen LogP contribution in [0.15, 0.2) is 54.6 Å². The van der Waals surface area contributed by atoms with Gasteiger partial charge in [0.05, 0.1) is 0 Å². The molecule has 0 aromatic heterocycles. The minimum Gasteiger partial charge on any atom is -0.321 e. The minimum atomic E-state index is 0.428. The van der Waals surface area contributed by atoms with Crippen molar-refractivity contribution in [3.8, 4) is 0 Å². The molecule has 2 rings (SSSR count). The first-order chi connectivity index (χ1) is 9.66. The van der Waals surface area contributed by atoms with Crippen LogP contribution in [0.1, 0.15) is 24.1 Å². The fourth-order valence-corrected chi connectivity index (χ4v) is 2.03. The monoisotopic (exact) mass is 269 g/mol. The zero-order valence-corrected chi connectivity index (χ0v) is 12.4. The minimum absolute atomic E-state index is 0.428. The van der Waals surface area contributed by atoms with E-state index in [2.05, 4.69) is 61.0 Å². The van der Waals surface area contributed by atoms with E-state index in [1.165, 1.54) is 11.1 Å². The Kier molecular flexibility index (Phi) is 5.16. The molecule has 2 aromatic rings. The highest BCUT2D eigenvalue weighted by Gasteiger charge is 2.07. The van der Waals surface area contributed by atoms with Crippen LogP contribution in [0, 0.1) is 0 Å². The molecule has 0 spiro atoms. The maximum absolute atomic E-state index is 3.25. The molecule has 106 valence electrons. The van der Waals surface area contributed by atoms with Crippen LogP contribution in [0.3, 0.4) is 0 Å². The van der Waals surface area contributed by atoms with Crippen molar-refractivity contribution >= 4 is 5.69 Å². The van der Waals surface area contributed by atoms with Gasteiger partial charge in [-0.3, -0.25) is 0 Å². The van der Waals surface area contributed by atoms with Gasteiger partial charge >= 0.3 is 0 Å². The van der Waals surface area contributed by atoms with Crippen LogP contribution in [0.5, 0.6) is 0 Å². The molecule has 0 fully saturated rings. The molecular formula is C17H23N3. The lowest BCUT2D eigenvalue weighted by atomic mass is 10.0. The zero-order chi connectivity index (χ0) is 14.4. The summed E-state index contributed by atoms with van der Waals surface area (Å²) in [5.41, 5.74) is 10.1. The first-order valence-electron chi connectivity index (χ1n) is 6.96. The van der Waals surface area contributed by atoms with E-state index in [1.807, 2.05) is 30.3 Å². The van der Waals surface area contributed by atoms with Crippen molar-refractivity contribution in [1.29, 1.82) is 0 Å². The Bertz CT molecular complexity index is 523. The molecule has 1 unspecified atom stereocenters. The normalized spacial score (nSPS) is 12.4. The highest BCUT2D eigenvalue weighted by molar-refractivity contribution is 5.41. The van der Waals surface area contributed by atoms with Gasteiger partial charge in [0.25, 0.3) is 0 Å². The molecule has 3 heteroatoms. The molecule has 0 saturated carbocycles. The average molecular weight is 269 g/mol. The highest BCUT2D eigenvalue weighted by Crippen LogP contribution is 2.18. The smallest absolute Gasteiger partial charge is 0.0487 e. The van der Waals surface area contributed by atoms with Crippen LogP contribution in [-0.4, -0.2) is 19.0 Å². The topological polar surface area (TPSA) is 27.3 Å². The average Bonchev–Trinajstić information content (AvgIpc) is 2.48. The number of nitrogens with zero attached hydrogens (tertiary/aromatic N) is 1. The predicted molar refractivity (Wildman–Crippen MR) is 85.4 cm³/mol. The third-order valence-corrected chi connectivity index (χ3v) is 3.51. The lowest BCUT2D eigenvalue weighted by Crippen LogP contribution is -2.21. The molecule has 2 aromatic carbocycles. The molecule has 0 aliphatic carbocycles. The van der Waals surface area contributed by atoms with Crippen LogP contribution in [-0.2, 0) is 6.54 Å². The number of hydrazine groups is 1. The summed E-state index contributed by atoms with van der Waals surface area (Å²) in [5, 5.41) is 0. The number of anilines is 1. The first kappa shape index (κ1) is 14.6. The molecule has 0 bridgehead atoms. The fourth-order valence-electron chi connectivity index (χ4n) is 2.03. The zero-order valence-electron chi connectivity index (χ0n) is 12.4. The number of benzene rings is 2. The third kappa shape index (κ3) is 4.08. The molecule has 20 heavy (non-hydrogen) atoms. The Balaban J connectivity index is 1.92. The Morgan fingerprint density at radius 2 is 1.75 bits per heavy atom. The maximum Gasteiger partial charge on any atom is 0.0487 e. The van der Waals surface area contributed by atoms with Gasteiger partial charge in [-0.2, -0.15) is 0 Å². The Morgan fingerprint density at radius 3 is 2.45 bits per heavy atom. The van der Waals surface area contributed by atoms with E-state index in [0.29, 0.717) is 6.04 Å². The second-order valence-electron chi connectivity index (χ2n) is 5.23. The Labute approximate surface area is 121 Å². The summed E-state index contributed by atoms with van der Waals surface area (Å²) in [6.45, 7) is 3.01. The van der Waals surface area contributed by atoms with E-state index in [9.17, 15) is 0 Å². The largest absolute Gasteiger partial charge is 0.321 e. The Hall–Kier alpha value is -1.84. The second-order valence-corrected chi connectivity index (χ2v) is 5.23. The van der Waals surface area contributed by atoms with E-state index < -0.39 is 0 Å². The van der Waals surface area contributed by atoms with Gasteiger partial charge in [0.2, 0.25) is 0 Å². The van der Waals surface area contributed by atoms with Crippen molar-refractivity contribution in [3.63, 3.8) is 0 Å². The summed E-state index contributed by atoms with van der Waals surface area (Å²) < 4.78 is 0. The van der Waals surface area contributed by atoms with E-state index in [-0.39, 0.29) is 0 Å². The molecule has 2 N–H and O–H groups in total. The summed E-state index contributed by atoms with van der Waals surface area (Å²) >= 11 is 0. The van der Waals surface area contributed by atoms with Gasteiger partial charge in [0.1, 0.15) is 0 Å². The van der Waals surface area contributed by atoms with E-state index >= 15 is 0 Å². The molecule has 0 radical (unpaired) electrons. The number of para-hydroxylation sites is 1. The van der Waals surface area contributed by atoms with Gasteiger partial charge in [0.15, 0.2) is 0 Å². The fraction of sp³-hybridized carbons (Fsp3) is 0.294. The molecule has 0 heterocycles. The van der Waals surface area contributed by atoms with Crippen LogP contribution in [0.2, 0.25) is 0 Å². The quantitative estimate of drug-likeness (QED) is 0.787. The van der Waals surface area contributed by atoms with Crippen molar-refractivity contribution in [2.24, 2.45) is 0 Å². The number of rotatable bonds is 6. The predicted octanol–water partition coefficient (Wildman–Crippen LogP) is 3.43. The summed E-state index contributed by atoms with van der Waals surface area (Å²) in [5.74, 6) is 0.